The van der Waals surface area contributed by atoms with Crippen molar-refractivity contribution in [1.82, 2.24) is 20.4 Å². The molecule has 2 N–H and O–H groups in total. The summed E-state index contributed by atoms with van der Waals surface area (Å²) in [6.07, 6.45) is 4.34. The van der Waals surface area contributed by atoms with Crippen molar-refractivity contribution in [2.75, 3.05) is 14.1 Å². The Kier molecular flexibility index (Phi) is 2.83. The third kappa shape index (κ3) is 1.93. The molecule has 104 valence electrons. The number of amides is 3. The summed E-state index contributed by atoms with van der Waals surface area (Å²) < 4.78 is 0. The molecule has 0 spiro atoms. The second kappa shape index (κ2) is 4.40. The highest BCUT2D eigenvalue weighted by Gasteiger charge is 2.47. The number of guanidine groups is 1. The number of nitrogens with one attached hydrogen (secondary N) is 2. The first kappa shape index (κ1) is 12.3. The predicted octanol–water partition coefficient (Wildman–Crippen LogP) is -0.304. The van der Waals surface area contributed by atoms with Gasteiger partial charge in [-0.3, -0.25) is 10.1 Å². The summed E-state index contributed by atoms with van der Waals surface area (Å²) in [7, 11) is 3.50. The van der Waals surface area contributed by atoms with Gasteiger partial charge in [0.2, 0.25) is 0 Å². The maximum Gasteiger partial charge on any atom is 0.325 e. The van der Waals surface area contributed by atoms with Gasteiger partial charge >= 0.3 is 6.03 Å². The summed E-state index contributed by atoms with van der Waals surface area (Å²) in [6, 6.07) is -0.373. The minimum Gasteiger partial charge on any atom is -0.353 e. The van der Waals surface area contributed by atoms with Crippen molar-refractivity contribution >= 4 is 17.9 Å². The van der Waals surface area contributed by atoms with Gasteiger partial charge in [0, 0.05) is 20.1 Å². The minimum atomic E-state index is -0.424. The van der Waals surface area contributed by atoms with Crippen LogP contribution in [0, 0.1) is 0 Å². The summed E-state index contributed by atoms with van der Waals surface area (Å²) in [5.41, 5.74) is 0. The van der Waals surface area contributed by atoms with Crippen molar-refractivity contribution in [3.63, 3.8) is 0 Å². The Morgan fingerprint density at radius 1 is 1.21 bits per heavy atom. The minimum absolute atomic E-state index is 0.275. The number of hydrogen-bond donors (Lipinski definition) is 2. The molecule has 0 radical (unpaired) electrons. The van der Waals surface area contributed by atoms with Crippen molar-refractivity contribution < 1.29 is 9.59 Å². The molecule has 2 atom stereocenters. The van der Waals surface area contributed by atoms with E-state index in [1.807, 2.05) is 11.9 Å². The first-order valence-corrected chi connectivity index (χ1v) is 6.73. The summed E-state index contributed by atoms with van der Waals surface area (Å²) >= 11 is 0. The highest BCUT2D eigenvalue weighted by atomic mass is 16.2. The van der Waals surface area contributed by atoms with E-state index in [0.29, 0.717) is 6.04 Å². The molecule has 2 aliphatic heterocycles. The van der Waals surface area contributed by atoms with E-state index in [1.54, 1.807) is 7.05 Å². The summed E-state index contributed by atoms with van der Waals surface area (Å²) in [4.78, 5) is 31.3. The molecular weight excluding hydrogens is 246 g/mol. The lowest BCUT2D eigenvalue weighted by molar-refractivity contribution is -0.126. The molecule has 2 heterocycles. The van der Waals surface area contributed by atoms with Gasteiger partial charge in [-0.05, 0) is 12.8 Å². The Morgan fingerprint density at radius 3 is 2.58 bits per heavy atom. The number of aliphatic imine (C=N–C) groups is 1. The van der Waals surface area contributed by atoms with Crippen molar-refractivity contribution in [3.05, 3.63) is 0 Å². The zero-order valence-corrected chi connectivity index (χ0v) is 11.2. The number of carbonyl (C=O) groups excluding carboxylic acids is 2. The molecule has 2 unspecified atom stereocenters. The van der Waals surface area contributed by atoms with Gasteiger partial charge in [-0.15, -0.1) is 0 Å². The molecule has 1 saturated carbocycles. The van der Waals surface area contributed by atoms with E-state index < -0.39 is 12.2 Å². The predicted molar refractivity (Wildman–Crippen MR) is 69.5 cm³/mol. The average molecular weight is 265 g/mol. The fraction of sp³-hybridized carbons (Fsp3) is 0.750. The van der Waals surface area contributed by atoms with Crippen LogP contribution in [0.5, 0.6) is 0 Å². The first-order valence-electron chi connectivity index (χ1n) is 6.73. The Bertz CT molecular complexity index is 443. The largest absolute Gasteiger partial charge is 0.353 e. The highest BCUT2D eigenvalue weighted by molar-refractivity contribution is 6.03. The number of urea groups is 1. The van der Waals surface area contributed by atoms with Gasteiger partial charge in [0.15, 0.2) is 18.2 Å². The Labute approximate surface area is 112 Å². The van der Waals surface area contributed by atoms with Crippen molar-refractivity contribution in [1.29, 1.82) is 0 Å². The van der Waals surface area contributed by atoms with Gasteiger partial charge in [-0.1, -0.05) is 12.8 Å². The molecule has 3 amide bonds. The van der Waals surface area contributed by atoms with Crippen molar-refractivity contribution in [3.8, 4) is 0 Å². The Hall–Kier alpha value is -1.79. The Balaban J connectivity index is 1.79. The molecule has 2 fully saturated rings. The standard InChI is InChI=1S/C12H19N5O2/c1-16-8-9(17(2)12(19)15-10(8)18)14-11(16)13-7-5-3-4-6-7/h7-9H,3-6H2,1-2H3,(H,13,14)(H,15,18,19). The van der Waals surface area contributed by atoms with E-state index in [4.69, 9.17) is 0 Å². The molecule has 0 aromatic heterocycles. The van der Waals surface area contributed by atoms with Gasteiger partial charge in [-0.2, -0.15) is 0 Å². The topological polar surface area (TPSA) is 77.0 Å². The fourth-order valence-electron chi connectivity index (χ4n) is 3.01. The van der Waals surface area contributed by atoms with Crippen LogP contribution in [0.2, 0.25) is 0 Å². The van der Waals surface area contributed by atoms with Crippen LogP contribution in [0.25, 0.3) is 0 Å². The van der Waals surface area contributed by atoms with Crippen molar-refractivity contribution in [2.45, 2.75) is 43.9 Å². The van der Waals surface area contributed by atoms with Crippen LogP contribution in [0.3, 0.4) is 0 Å². The first-order chi connectivity index (χ1) is 9.08. The van der Waals surface area contributed by atoms with E-state index >= 15 is 0 Å². The second-order valence-corrected chi connectivity index (χ2v) is 5.45. The molecular formula is C12H19N5O2. The molecule has 1 saturated heterocycles. The highest BCUT2D eigenvalue weighted by Crippen LogP contribution is 2.24. The van der Waals surface area contributed by atoms with Crippen LogP contribution in [0.4, 0.5) is 4.79 Å². The van der Waals surface area contributed by atoms with E-state index in [2.05, 4.69) is 15.6 Å². The van der Waals surface area contributed by atoms with Gasteiger partial charge < -0.3 is 15.1 Å². The van der Waals surface area contributed by atoms with E-state index in [0.717, 1.165) is 18.8 Å². The molecule has 0 bridgehead atoms. The van der Waals surface area contributed by atoms with Crippen LogP contribution in [-0.2, 0) is 4.79 Å². The molecule has 0 aromatic rings. The summed E-state index contributed by atoms with van der Waals surface area (Å²) in [5.74, 6) is 0.446. The average Bonchev–Trinajstić information content (AvgIpc) is 2.97. The Morgan fingerprint density at radius 2 is 1.89 bits per heavy atom. The van der Waals surface area contributed by atoms with Crippen LogP contribution in [-0.4, -0.2) is 60.0 Å². The molecule has 0 aromatic carbocycles. The third-order valence-corrected chi connectivity index (χ3v) is 4.19. The molecule has 3 rings (SSSR count). The molecule has 7 nitrogen and oxygen atoms in total. The maximum absolute atomic E-state index is 11.9. The summed E-state index contributed by atoms with van der Waals surface area (Å²) in [6.45, 7) is 0. The normalized spacial score (nSPS) is 31.4. The van der Waals surface area contributed by atoms with E-state index in [1.165, 1.54) is 17.7 Å². The quantitative estimate of drug-likeness (QED) is 0.682. The van der Waals surface area contributed by atoms with Crippen molar-refractivity contribution in [2.24, 2.45) is 4.99 Å². The van der Waals surface area contributed by atoms with Gasteiger partial charge in [-0.25, -0.2) is 9.79 Å². The number of rotatable bonds is 1. The fourth-order valence-corrected chi connectivity index (χ4v) is 3.01. The van der Waals surface area contributed by atoms with Gasteiger partial charge in [0.1, 0.15) is 0 Å². The second-order valence-electron chi connectivity index (χ2n) is 5.45. The van der Waals surface area contributed by atoms with Crippen LogP contribution < -0.4 is 10.6 Å². The lowest BCUT2D eigenvalue weighted by Crippen LogP contribution is -2.63. The maximum atomic E-state index is 11.9. The SMILES string of the molecule is CN1C(=O)NC(=O)C2C1N=C(NC1CCCC1)N2C. The zero-order valence-electron chi connectivity index (χ0n) is 11.2. The molecule has 1 aliphatic carbocycles. The molecule has 7 heteroatoms. The van der Waals surface area contributed by atoms with Crippen LogP contribution in [0.1, 0.15) is 25.7 Å². The van der Waals surface area contributed by atoms with Crippen LogP contribution in [0.15, 0.2) is 4.99 Å². The lowest BCUT2D eigenvalue weighted by atomic mass is 10.1. The number of hydrogen-bond acceptors (Lipinski definition) is 5. The molecule has 19 heavy (non-hydrogen) atoms. The molecule has 3 aliphatic rings. The summed E-state index contributed by atoms with van der Waals surface area (Å²) in [5, 5.41) is 5.75. The number of likely N-dealkylation sites (N-methyl/N-ethyl adjacent to an activating group) is 2. The zero-order chi connectivity index (χ0) is 13.6. The van der Waals surface area contributed by atoms with E-state index in [-0.39, 0.29) is 11.9 Å². The number of nitrogens with zero attached hydrogens (tertiary/aromatic N) is 3. The lowest BCUT2D eigenvalue weighted by Gasteiger charge is -2.34. The monoisotopic (exact) mass is 265 g/mol. The van der Waals surface area contributed by atoms with E-state index in [9.17, 15) is 9.59 Å². The van der Waals surface area contributed by atoms with Gasteiger partial charge in [0.05, 0.1) is 0 Å². The van der Waals surface area contributed by atoms with Crippen LogP contribution >= 0.6 is 0 Å². The van der Waals surface area contributed by atoms with Gasteiger partial charge in [0.25, 0.3) is 5.91 Å². The number of carbonyl (C=O) groups is 2. The third-order valence-electron chi connectivity index (χ3n) is 4.19. The number of fused-ring (bicyclic) bond motifs is 1. The number of imide groups is 1. The smallest absolute Gasteiger partial charge is 0.325 e.